The van der Waals surface area contributed by atoms with E-state index in [0.29, 0.717) is 6.54 Å². The molecule has 0 saturated heterocycles. The first-order chi connectivity index (χ1) is 9.52. The number of aromatic nitrogens is 1. The molecule has 0 bridgehead atoms. The van der Waals surface area contributed by atoms with E-state index in [1.807, 2.05) is 6.07 Å². The zero-order chi connectivity index (χ0) is 14.7. The van der Waals surface area contributed by atoms with E-state index in [-0.39, 0.29) is 17.6 Å². The second kappa shape index (κ2) is 5.94. The largest absolute Gasteiger partial charge is 0.335 e. The van der Waals surface area contributed by atoms with Gasteiger partial charge in [-0.1, -0.05) is 12.1 Å². The van der Waals surface area contributed by atoms with Gasteiger partial charge < -0.3 is 14.8 Å². The fourth-order valence-electron chi connectivity index (χ4n) is 2.58. The molecule has 1 aliphatic rings. The predicted molar refractivity (Wildman–Crippen MR) is 78.9 cm³/mol. The lowest BCUT2D eigenvalue weighted by atomic mass is 9.91. The Morgan fingerprint density at radius 1 is 1.55 bits per heavy atom. The van der Waals surface area contributed by atoms with E-state index in [2.05, 4.69) is 11.9 Å². The summed E-state index contributed by atoms with van der Waals surface area (Å²) < 4.78 is 1.77. The minimum atomic E-state index is -0.0714. The first kappa shape index (κ1) is 14.4. The summed E-state index contributed by atoms with van der Waals surface area (Å²) in [5.74, 6) is 0. The number of hydrogen-bond acceptors (Lipinski definition) is 2. The number of carbonyl (C=O) groups excluding carboxylic acids is 1. The van der Waals surface area contributed by atoms with E-state index < -0.39 is 0 Å². The normalized spacial score (nSPS) is 17.2. The highest BCUT2D eigenvalue weighted by Crippen LogP contribution is 2.20. The number of nitrogens with one attached hydrogen (secondary N) is 1. The van der Waals surface area contributed by atoms with Gasteiger partial charge >= 0.3 is 6.03 Å². The first-order valence-electron chi connectivity index (χ1n) is 6.83. The van der Waals surface area contributed by atoms with Gasteiger partial charge in [-0.05, 0) is 24.8 Å². The van der Waals surface area contributed by atoms with E-state index in [1.165, 1.54) is 4.90 Å². The van der Waals surface area contributed by atoms with E-state index in [0.717, 1.165) is 30.5 Å². The van der Waals surface area contributed by atoms with Crippen LogP contribution in [0.2, 0.25) is 0 Å². The molecule has 1 heterocycles. The second-order valence-corrected chi connectivity index (χ2v) is 5.33. The van der Waals surface area contributed by atoms with Crippen LogP contribution in [-0.2, 0) is 19.4 Å². The van der Waals surface area contributed by atoms with Crippen molar-refractivity contribution in [2.45, 2.75) is 31.8 Å². The summed E-state index contributed by atoms with van der Waals surface area (Å²) in [6, 6.07) is 3.54. The molecule has 0 fully saturated rings. The summed E-state index contributed by atoms with van der Waals surface area (Å²) in [4.78, 5) is 25.1. The Morgan fingerprint density at radius 3 is 2.95 bits per heavy atom. The van der Waals surface area contributed by atoms with Crippen LogP contribution in [0.5, 0.6) is 0 Å². The molecular formula is C15H21N3O2. The Balaban J connectivity index is 2.19. The molecule has 0 aliphatic heterocycles. The topological polar surface area (TPSA) is 54.3 Å². The van der Waals surface area contributed by atoms with Gasteiger partial charge in [-0.15, -0.1) is 6.58 Å². The number of carbonyl (C=O) groups is 1. The van der Waals surface area contributed by atoms with E-state index in [4.69, 9.17) is 0 Å². The standard InChI is InChI=1S/C15H21N3O2/c1-4-9-18-13-7-6-12(16-15(20)17(2)3)10-11(13)5-8-14(18)19/h4-5,8,12H,1,6-7,9-10H2,2-3H3,(H,16,20). The quantitative estimate of drug-likeness (QED) is 0.842. The molecule has 2 rings (SSSR count). The molecule has 1 aromatic heterocycles. The number of pyridine rings is 1. The predicted octanol–water partition coefficient (Wildman–Crippen LogP) is 1.16. The molecule has 5 heteroatoms. The number of amides is 2. The van der Waals surface area contributed by atoms with Crippen LogP contribution in [0.4, 0.5) is 4.79 Å². The second-order valence-electron chi connectivity index (χ2n) is 5.33. The summed E-state index contributed by atoms with van der Waals surface area (Å²) in [5.41, 5.74) is 2.23. The van der Waals surface area contributed by atoms with Crippen LogP contribution < -0.4 is 10.9 Å². The lowest BCUT2D eigenvalue weighted by Gasteiger charge is -2.28. The Bertz CT molecular complexity index is 575. The number of allylic oxidation sites excluding steroid dienone is 1. The van der Waals surface area contributed by atoms with Gasteiger partial charge in [0, 0.05) is 38.4 Å². The van der Waals surface area contributed by atoms with Gasteiger partial charge in [0.15, 0.2) is 0 Å². The van der Waals surface area contributed by atoms with Gasteiger partial charge in [-0.2, -0.15) is 0 Å². The molecule has 0 radical (unpaired) electrons. The molecule has 1 aromatic rings. The van der Waals surface area contributed by atoms with Crippen molar-refractivity contribution in [2.24, 2.45) is 0 Å². The van der Waals surface area contributed by atoms with Crippen molar-refractivity contribution in [3.63, 3.8) is 0 Å². The molecule has 5 nitrogen and oxygen atoms in total. The molecule has 0 aromatic carbocycles. The number of fused-ring (bicyclic) bond motifs is 1. The van der Waals surface area contributed by atoms with Gasteiger partial charge in [0.1, 0.15) is 0 Å². The SMILES string of the molecule is C=CCn1c2c(ccc1=O)CC(NC(=O)N(C)C)CC2. The summed E-state index contributed by atoms with van der Waals surface area (Å²) in [6.45, 7) is 4.24. The van der Waals surface area contributed by atoms with Crippen molar-refractivity contribution in [1.82, 2.24) is 14.8 Å². The van der Waals surface area contributed by atoms with Crippen LogP contribution in [0.25, 0.3) is 0 Å². The Kier molecular flexibility index (Phi) is 4.27. The van der Waals surface area contributed by atoms with Crippen molar-refractivity contribution in [3.8, 4) is 0 Å². The molecule has 2 amide bonds. The van der Waals surface area contributed by atoms with Gasteiger partial charge in [0.2, 0.25) is 0 Å². The maximum absolute atomic E-state index is 11.9. The average Bonchev–Trinajstić information content (AvgIpc) is 2.42. The third kappa shape index (κ3) is 2.92. The van der Waals surface area contributed by atoms with E-state index >= 15 is 0 Å². The Morgan fingerprint density at radius 2 is 2.30 bits per heavy atom. The smallest absolute Gasteiger partial charge is 0.317 e. The fraction of sp³-hybridized carbons (Fsp3) is 0.467. The Hall–Kier alpha value is -2.04. The monoisotopic (exact) mass is 275 g/mol. The number of nitrogens with zero attached hydrogens (tertiary/aromatic N) is 2. The zero-order valence-corrected chi connectivity index (χ0v) is 12.1. The molecular weight excluding hydrogens is 254 g/mol. The van der Waals surface area contributed by atoms with E-state index in [9.17, 15) is 9.59 Å². The molecule has 1 atom stereocenters. The maximum Gasteiger partial charge on any atom is 0.317 e. The van der Waals surface area contributed by atoms with Crippen LogP contribution in [0.1, 0.15) is 17.7 Å². The molecule has 0 spiro atoms. The number of hydrogen-bond donors (Lipinski definition) is 1. The lowest BCUT2D eigenvalue weighted by molar-refractivity contribution is 0.211. The molecule has 1 N–H and O–H groups in total. The molecule has 0 saturated carbocycles. The van der Waals surface area contributed by atoms with Crippen molar-refractivity contribution in [1.29, 1.82) is 0 Å². The van der Waals surface area contributed by atoms with E-state index in [1.54, 1.807) is 30.8 Å². The van der Waals surface area contributed by atoms with Gasteiger partial charge in [0.25, 0.3) is 5.56 Å². The lowest BCUT2D eigenvalue weighted by Crippen LogP contribution is -2.44. The zero-order valence-electron chi connectivity index (χ0n) is 12.1. The molecule has 108 valence electrons. The van der Waals surface area contributed by atoms with Crippen LogP contribution in [0, 0.1) is 0 Å². The van der Waals surface area contributed by atoms with Crippen molar-refractivity contribution in [3.05, 3.63) is 46.4 Å². The number of urea groups is 1. The maximum atomic E-state index is 11.9. The summed E-state index contributed by atoms with van der Waals surface area (Å²) >= 11 is 0. The minimum absolute atomic E-state index is 0.0134. The van der Waals surface area contributed by atoms with Crippen LogP contribution in [0.3, 0.4) is 0 Å². The third-order valence-electron chi connectivity index (χ3n) is 3.63. The fourth-order valence-corrected chi connectivity index (χ4v) is 2.58. The van der Waals surface area contributed by atoms with Crippen LogP contribution in [-0.4, -0.2) is 35.6 Å². The van der Waals surface area contributed by atoms with Crippen molar-refractivity contribution >= 4 is 6.03 Å². The highest BCUT2D eigenvalue weighted by Gasteiger charge is 2.22. The Labute approximate surface area is 118 Å². The van der Waals surface area contributed by atoms with Gasteiger partial charge in [-0.3, -0.25) is 4.79 Å². The first-order valence-corrected chi connectivity index (χ1v) is 6.83. The highest BCUT2D eigenvalue weighted by atomic mass is 16.2. The molecule has 20 heavy (non-hydrogen) atoms. The van der Waals surface area contributed by atoms with Crippen molar-refractivity contribution < 1.29 is 4.79 Å². The van der Waals surface area contributed by atoms with Crippen LogP contribution in [0.15, 0.2) is 29.6 Å². The van der Waals surface area contributed by atoms with Gasteiger partial charge in [-0.25, -0.2) is 4.79 Å². The third-order valence-corrected chi connectivity index (χ3v) is 3.63. The molecule has 1 aliphatic carbocycles. The number of rotatable bonds is 3. The highest BCUT2D eigenvalue weighted by molar-refractivity contribution is 5.73. The summed E-state index contributed by atoms with van der Waals surface area (Å²) in [5, 5.41) is 3.00. The van der Waals surface area contributed by atoms with Crippen LogP contribution >= 0.6 is 0 Å². The van der Waals surface area contributed by atoms with Crippen molar-refractivity contribution in [2.75, 3.05) is 14.1 Å². The average molecular weight is 275 g/mol. The minimum Gasteiger partial charge on any atom is -0.335 e. The molecule has 1 unspecified atom stereocenters. The van der Waals surface area contributed by atoms with Gasteiger partial charge in [0.05, 0.1) is 0 Å². The summed E-state index contributed by atoms with van der Waals surface area (Å²) in [7, 11) is 3.46. The summed E-state index contributed by atoms with van der Waals surface area (Å²) in [6.07, 6.45) is 4.17.